The quantitative estimate of drug-likeness (QED) is 0.858. The summed E-state index contributed by atoms with van der Waals surface area (Å²) >= 11 is 0. The second-order valence-electron chi connectivity index (χ2n) is 6.17. The maximum absolute atomic E-state index is 12.5. The van der Waals surface area contributed by atoms with Gasteiger partial charge in [0.2, 0.25) is 10.0 Å². The van der Waals surface area contributed by atoms with E-state index < -0.39 is 10.0 Å². The summed E-state index contributed by atoms with van der Waals surface area (Å²) in [6.07, 6.45) is 2.03. The molecule has 134 valence electrons. The van der Waals surface area contributed by atoms with E-state index >= 15 is 0 Å². The molecule has 0 spiro atoms. The monoisotopic (exact) mass is 360 g/mol. The lowest BCUT2D eigenvalue weighted by Crippen LogP contribution is -2.22. The fourth-order valence-corrected chi connectivity index (χ4v) is 3.34. The van der Waals surface area contributed by atoms with Crippen LogP contribution in [-0.4, -0.2) is 32.7 Å². The Balaban J connectivity index is 2.26. The number of benzene rings is 2. The largest absolute Gasteiger partial charge is 0.322 e. The number of carbonyl (C=O) groups excluding carboxylic acids is 1. The summed E-state index contributed by atoms with van der Waals surface area (Å²) in [5, 5.41) is 2.81. The van der Waals surface area contributed by atoms with Crippen LogP contribution in [0.3, 0.4) is 0 Å². The molecule has 0 heterocycles. The molecule has 0 bridgehead atoms. The number of hydrogen-bond acceptors (Lipinski definition) is 3. The minimum Gasteiger partial charge on any atom is -0.322 e. The standard InChI is InChI=1S/C19H24N2O3S/c1-5-6-15-8-10-16(11-9-15)19(22)20-18-13-17(12-7-14(18)2)25(23,24)21(3)4/h7-13H,5-6H2,1-4H3,(H,20,22). The Bertz CT molecular complexity index is 857. The third kappa shape index (κ3) is 4.46. The van der Waals surface area contributed by atoms with E-state index in [1.165, 1.54) is 25.7 Å². The van der Waals surface area contributed by atoms with E-state index in [1.54, 1.807) is 24.3 Å². The molecule has 0 radical (unpaired) electrons. The maximum Gasteiger partial charge on any atom is 0.255 e. The third-order valence-electron chi connectivity index (χ3n) is 3.99. The lowest BCUT2D eigenvalue weighted by molar-refractivity contribution is 0.102. The number of anilines is 1. The zero-order valence-corrected chi connectivity index (χ0v) is 15.9. The summed E-state index contributed by atoms with van der Waals surface area (Å²) in [6.45, 7) is 3.93. The highest BCUT2D eigenvalue weighted by molar-refractivity contribution is 7.89. The van der Waals surface area contributed by atoms with Gasteiger partial charge in [-0.05, 0) is 48.7 Å². The van der Waals surface area contributed by atoms with Gasteiger partial charge in [0.1, 0.15) is 0 Å². The van der Waals surface area contributed by atoms with E-state index in [0.29, 0.717) is 11.3 Å². The second kappa shape index (κ2) is 7.80. The van der Waals surface area contributed by atoms with Crippen LogP contribution < -0.4 is 5.32 Å². The number of rotatable bonds is 6. The molecule has 0 unspecified atom stereocenters. The Labute approximate surface area is 149 Å². The summed E-state index contributed by atoms with van der Waals surface area (Å²) in [5.41, 5.74) is 3.02. The van der Waals surface area contributed by atoms with E-state index in [1.807, 2.05) is 19.1 Å². The molecule has 0 aliphatic rings. The molecule has 1 amide bonds. The van der Waals surface area contributed by atoms with Crippen LogP contribution in [-0.2, 0) is 16.4 Å². The zero-order chi connectivity index (χ0) is 18.6. The molecule has 0 atom stereocenters. The minimum atomic E-state index is -3.55. The van der Waals surface area contributed by atoms with Crippen LogP contribution in [0.4, 0.5) is 5.69 Å². The van der Waals surface area contributed by atoms with Crippen LogP contribution in [0.15, 0.2) is 47.4 Å². The van der Waals surface area contributed by atoms with Crippen LogP contribution in [0.1, 0.15) is 34.8 Å². The van der Waals surface area contributed by atoms with Crippen molar-refractivity contribution < 1.29 is 13.2 Å². The van der Waals surface area contributed by atoms with Crippen molar-refractivity contribution in [3.05, 3.63) is 59.2 Å². The van der Waals surface area contributed by atoms with Gasteiger partial charge in [-0.3, -0.25) is 4.79 Å². The average molecular weight is 360 g/mol. The van der Waals surface area contributed by atoms with Gasteiger partial charge >= 0.3 is 0 Å². The van der Waals surface area contributed by atoms with Crippen molar-refractivity contribution >= 4 is 21.6 Å². The number of sulfonamides is 1. The van der Waals surface area contributed by atoms with Crippen LogP contribution in [0.5, 0.6) is 0 Å². The maximum atomic E-state index is 12.5. The van der Waals surface area contributed by atoms with Gasteiger partial charge in [-0.25, -0.2) is 12.7 Å². The van der Waals surface area contributed by atoms with Crippen molar-refractivity contribution in [1.29, 1.82) is 0 Å². The van der Waals surface area contributed by atoms with Gasteiger partial charge in [0, 0.05) is 25.3 Å². The van der Waals surface area contributed by atoms with Gasteiger partial charge in [-0.15, -0.1) is 0 Å². The van der Waals surface area contributed by atoms with E-state index in [0.717, 1.165) is 22.7 Å². The molecule has 0 aliphatic carbocycles. The average Bonchev–Trinajstić information content (AvgIpc) is 2.57. The SMILES string of the molecule is CCCc1ccc(C(=O)Nc2cc(S(=O)(=O)N(C)C)ccc2C)cc1. The molecule has 2 aromatic rings. The number of amides is 1. The second-order valence-corrected chi connectivity index (χ2v) is 8.32. The Morgan fingerprint density at radius 3 is 2.28 bits per heavy atom. The van der Waals surface area contributed by atoms with Gasteiger partial charge in [0.05, 0.1) is 4.90 Å². The highest BCUT2D eigenvalue weighted by Gasteiger charge is 2.19. The molecule has 0 saturated heterocycles. The highest BCUT2D eigenvalue weighted by Crippen LogP contribution is 2.22. The predicted octanol–water partition coefficient (Wildman–Crippen LogP) is 3.45. The molecule has 0 aliphatic heterocycles. The summed E-state index contributed by atoms with van der Waals surface area (Å²) in [5.74, 6) is -0.259. The number of carbonyl (C=O) groups is 1. The van der Waals surface area contributed by atoms with Gasteiger partial charge in [0.15, 0.2) is 0 Å². The van der Waals surface area contributed by atoms with Crippen LogP contribution >= 0.6 is 0 Å². The molecule has 0 saturated carbocycles. The topological polar surface area (TPSA) is 66.5 Å². The van der Waals surface area contributed by atoms with Crippen LogP contribution in [0.2, 0.25) is 0 Å². The predicted molar refractivity (Wildman–Crippen MR) is 100 cm³/mol. The first kappa shape index (κ1) is 19.1. The molecule has 1 N–H and O–H groups in total. The fraction of sp³-hybridized carbons (Fsp3) is 0.316. The first-order chi connectivity index (χ1) is 11.8. The van der Waals surface area contributed by atoms with Crippen molar-refractivity contribution in [3.8, 4) is 0 Å². The molecule has 0 aromatic heterocycles. The lowest BCUT2D eigenvalue weighted by Gasteiger charge is -2.14. The first-order valence-electron chi connectivity index (χ1n) is 8.19. The van der Waals surface area contributed by atoms with Crippen molar-refractivity contribution in [3.63, 3.8) is 0 Å². The molecule has 25 heavy (non-hydrogen) atoms. The highest BCUT2D eigenvalue weighted by atomic mass is 32.2. The van der Waals surface area contributed by atoms with Gasteiger partial charge in [-0.1, -0.05) is 31.5 Å². The van der Waals surface area contributed by atoms with Gasteiger partial charge in [0.25, 0.3) is 5.91 Å². The van der Waals surface area contributed by atoms with E-state index in [4.69, 9.17) is 0 Å². The fourth-order valence-electron chi connectivity index (χ4n) is 2.41. The zero-order valence-electron chi connectivity index (χ0n) is 15.0. The molecule has 5 nitrogen and oxygen atoms in total. The minimum absolute atomic E-state index is 0.150. The lowest BCUT2D eigenvalue weighted by atomic mass is 10.1. The normalized spacial score (nSPS) is 11.6. The molecular weight excluding hydrogens is 336 g/mol. The smallest absolute Gasteiger partial charge is 0.255 e. The number of aryl methyl sites for hydroxylation is 2. The van der Waals surface area contributed by atoms with Crippen LogP contribution in [0, 0.1) is 6.92 Å². The molecule has 2 aromatic carbocycles. The van der Waals surface area contributed by atoms with E-state index in [-0.39, 0.29) is 10.8 Å². The number of nitrogens with one attached hydrogen (secondary N) is 1. The van der Waals surface area contributed by atoms with Crippen molar-refractivity contribution in [1.82, 2.24) is 4.31 Å². The molecule has 6 heteroatoms. The summed E-state index contributed by atoms with van der Waals surface area (Å²) < 4.78 is 25.7. The van der Waals surface area contributed by atoms with E-state index in [2.05, 4.69) is 12.2 Å². The van der Waals surface area contributed by atoms with Gasteiger partial charge in [-0.2, -0.15) is 0 Å². The summed E-state index contributed by atoms with van der Waals surface area (Å²) in [4.78, 5) is 12.6. The van der Waals surface area contributed by atoms with Crippen molar-refractivity contribution in [2.45, 2.75) is 31.6 Å². The number of hydrogen-bond donors (Lipinski definition) is 1. The Kier molecular flexibility index (Phi) is 5.98. The Morgan fingerprint density at radius 2 is 1.72 bits per heavy atom. The summed E-state index contributed by atoms with van der Waals surface area (Å²) in [7, 11) is -0.592. The van der Waals surface area contributed by atoms with Crippen LogP contribution in [0.25, 0.3) is 0 Å². The van der Waals surface area contributed by atoms with Crippen molar-refractivity contribution in [2.24, 2.45) is 0 Å². The Morgan fingerprint density at radius 1 is 1.08 bits per heavy atom. The molecular formula is C19H24N2O3S. The number of nitrogens with zero attached hydrogens (tertiary/aromatic N) is 1. The Hall–Kier alpha value is -2.18. The van der Waals surface area contributed by atoms with Crippen molar-refractivity contribution in [2.75, 3.05) is 19.4 Å². The summed E-state index contributed by atoms with van der Waals surface area (Å²) in [6, 6.07) is 12.2. The van der Waals surface area contributed by atoms with E-state index in [9.17, 15) is 13.2 Å². The first-order valence-corrected chi connectivity index (χ1v) is 9.63. The molecule has 0 fully saturated rings. The third-order valence-corrected chi connectivity index (χ3v) is 5.80. The molecule has 2 rings (SSSR count). The van der Waals surface area contributed by atoms with Gasteiger partial charge < -0.3 is 5.32 Å².